The minimum atomic E-state index is -0.364. The number of carbonyl (C=O) groups is 1. The van der Waals surface area contributed by atoms with Gasteiger partial charge in [-0.3, -0.25) is 4.79 Å². The molecular formula is C15H9FN2OS. The fourth-order valence-corrected chi connectivity index (χ4v) is 2.62. The van der Waals surface area contributed by atoms with Gasteiger partial charge in [0.2, 0.25) is 5.12 Å². The highest BCUT2D eigenvalue weighted by molar-refractivity contribution is 8.14. The number of carbonyl (C=O) groups excluding carboxylic acids is 1. The van der Waals surface area contributed by atoms with E-state index in [1.807, 2.05) is 24.3 Å². The number of thioether (sulfide) groups is 1. The lowest BCUT2D eigenvalue weighted by molar-refractivity contribution is 0.108. The maximum atomic E-state index is 12.8. The fraction of sp³-hybridized carbons (Fsp3) is 0. The van der Waals surface area contributed by atoms with Gasteiger partial charge in [-0.25, -0.2) is 4.39 Å². The number of hydrogen-bond donors (Lipinski definition) is 0. The van der Waals surface area contributed by atoms with Gasteiger partial charge in [0.25, 0.3) is 0 Å². The summed E-state index contributed by atoms with van der Waals surface area (Å²) < 4.78 is 12.8. The molecule has 0 radical (unpaired) electrons. The number of halogens is 1. The topological polar surface area (TPSA) is 42.9 Å². The zero-order valence-corrected chi connectivity index (χ0v) is 11.1. The molecule has 0 aliphatic rings. The Bertz CT molecular complexity index is 769. The van der Waals surface area contributed by atoms with Gasteiger partial charge in [0.15, 0.2) is 0 Å². The Morgan fingerprint density at radius 3 is 2.60 bits per heavy atom. The number of nitrogens with zero attached hydrogens (tertiary/aromatic N) is 2. The van der Waals surface area contributed by atoms with Crippen molar-refractivity contribution >= 4 is 27.6 Å². The molecule has 2 aromatic carbocycles. The van der Waals surface area contributed by atoms with E-state index in [-0.39, 0.29) is 10.9 Å². The first-order chi connectivity index (χ1) is 9.74. The van der Waals surface area contributed by atoms with Crippen LogP contribution in [0.2, 0.25) is 0 Å². The van der Waals surface area contributed by atoms with Crippen LogP contribution < -0.4 is 0 Å². The van der Waals surface area contributed by atoms with Gasteiger partial charge >= 0.3 is 0 Å². The van der Waals surface area contributed by atoms with E-state index in [2.05, 4.69) is 10.2 Å². The SMILES string of the molecule is O=C(Sc1nncc2ccccc12)c1ccc(F)cc1. The molecule has 0 atom stereocenters. The Hall–Kier alpha value is -2.27. The summed E-state index contributed by atoms with van der Waals surface area (Å²) in [5, 5.41) is 10.1. The van der Waals surface area contributed by atoms with Crippen molar-refractivity contribution in [1.29, 1.82) is 0 Å². The predicted molar refractivity (Wildman–Crippen MR) is 76.1 cm³/mol. The molecule has 0 unspecified atom stereocenters. The minimum Gasteiger partial charge on any atom is -0.281 e. The Labute approximate surface area is 118 Å². The lowest BCUT2D eigenvalue weighted by atomic mass is 10.2. The molecule has 0 saturated carbocycles. The second-order valence-corrected chi connectivity index (χ2v) is 5.09. The summed E-state index contributed by atoms with van der Waals surface area (Å²) in [4.78, 5) is 12.1. The molecule has 0 aliphatic heterocycles. The second kappa shape index (κ2) is 5.38. The summed E-state index contributed by atoms with van der Waals surface area (Å²) in [6, 6.07) is 13.1. The van der Waals surface area contributed by atoms with E-state index in [1.54, 1.807) is 6.20 Å². The molecule has 1 aromatic heterocycles. The van der Waals surface area contributed by atoms with Crippen molar-refractivity contribution in [2.24, 2.45) is 0 Å². The molecule has 0 spiro atoms. The van der Waals surface area contributed by atoms with Crippen LogP contribution in [0.15, 0.2) is 59.8 Å². The van der Waals surface area contributed by atoms with Gasteiger partial charge in [0.1, 0.15) is 10.8 Å². The predicted octanol–water partition coefficient (Wildman–Crippen LogP) is 3.70. The molecule has 0 bridgehead atoms. The average Bonchev–Trinajstić information content (AvgIpc) is 2.48. The summed E-state index contributed by atoms with van der Waals surface area (Å²) in [7, 11) is 0. The smallest absolute Gasteiger partial charge is 0.225 e. The first-order valence-electron chi connectivity index (χ1n) is 5.92. The van der Waals surface area contributed by atoms with Gasteiger partial charge in [0.05, 0.1) is 6.20 Å². The van der Waals surface area contributed by atoms with Crippen LogP contribution in [0.5, 0.6) is 0 Å². The Kier molecular flexibility index (Phi) is 3.43. The van der Waals surface area contributed by atoms with Crippen LogP contribution in [-0.4, -0.2) is 15.3 Å². The molecule has 0 N–H and O–H groups in total. The lowest BCUT2D eigenvalue weighted by Gasteiger charge is -2.03. The lowest BCUT2D eigenvalue weighted by Crippen LogP contribution is -1.96. The highest BCUT2D eigenvalue weighted by Gasteiger charge is 2.12. The number of rotatable bonds is 2. The first-order valence-corrected chi connectivity index (χ1v) is 6.74. The summed E-state index contributed by atoms with van der Waals surface area (Å²) in [5.41, 5.74) is 0.436. The van der Waals surface area contributed by atoms with Crippen molar-refractivity contribution in [2.75, 3.05) is 0 Å². The van der Waals surface area contributed by atoms with Crippen LogP contribution in [0.25, 0.3) is 10.8 Å². The number of fused-ring (bicyclic) bond motifs is 1. The highest BCUT2D eigenvalue weighted by Crippen LogP contribution is 2.27. The van der Waals surface area contributed by atoms with Crippen molar-refractivity contribution < 1.29 is 9.18 Å². The molecule has 3 nitrogen and oxygen atoms in total. The van der Waals surface area contributed by atoms with Crippen LogP contribution in [0.3, 0.4) is 0 Å². The summed E-state index contributed by atoms with van der Waals surface area (Å²) in [6.07, 6.45) is 1.65. The molecule has 0 amide bonds. The standard InChI is InChI=1S/C15H9FN2OS/c16-12-7-5-10(6-8-12)15(19)20-14-13-4-2-1-3-11(13)9-17-18-14/h1-9H. The maximum absolute atomic E-state index is 12.8. The summed E-state index contributed by atoms with van der Waals surface area (Å²) >= 11 is 0.997. The van der Waals surface area contributed by atoms with E-state index >= 15 is 0 Å². The van der Waals surface area contributed by atoms with E-state index in [0.717, 1.165) is 22.5 Å². The average molecular weight is 284 g/mol. The second-order valence-electron chi connectivity index (χ2n) is 4.13. The van der Waals surface area contributed by atoms with Gasteiger partial charge in [-0.2, -0.15) is 5.10 Å². The first kappa shape index (κ1) is 12.7. The van der Waals surface area contributed by atoms with Crippen LogP contribution in [0, 0.1) is 5.82 Å². The maximum Gasteiger partial charge on any atom is 0.225 e. The monoisotopic (exact) mass is 284 g/mol. The van der Waals surface area contributed by atoms with E-state index in [0.29, 0.717) is 10.6 Å². The quantitative estimate of drug-likeness (QED) is 0.673. The Morgan fingerprint density at radius 2 is 1.80 bits per heavy atom. The van der Waals surface area contributed by atoms with Crippen molar-refractivity contribution in [3.05, 3.63) is 66.1 Å². The molecule has 3 aromatic rings. The van der Waals surface area contributed by atoms with Gasteiger partial charge in [-0.1, -0.05) is 24.3 Å². The number of hydrogen-bond acceptors (Lipinski definition) is 4. The van der Waals surface area contributed by atoms with Crippen molar-refractivity contribution in [2.45, 2.75) is 5.03 Å². The third-order valence-corrected chi connectivity index (χ3v) is 3.72. The Balaban J connectivity index is 1.93. The van der Waals surface area contributed by atoms with Crippen LogP contribution in [0.1, 0.15) is 10.4 Å². The highest BCUT2D eigenvalue weighted by atomic mass is 32.2. The summed E-state index contributed by atoms with van der Waals surface area (Å²) in [5.74, 6) is -0.364. The molecule has 20 heavy (non-hydrogen) atoms. The number of benzene rings is 2. The van der Waals surface area contributed by atoms with Crippen LogP contribution in [-0.2, 0) is 0 Å². The molecule has 0 fully saturated rings. The Morgan fingerprint density at radius 1 is 1.05 bits per heavy atom. The van der Waals surface area contributed by atoms with Crippen molar-refractivity contribution in [3.8, 4) is 0 Å². The molecule has 3 rings (SSSR count). The normalized spacial score (nSPS) is 10.7. The van der Waals surface area contributed by atoms with E-state index < -0.39 is 0 Å². The third kappa shape index (κ3) is 2.53. The molecule has 98 valence electrons. The molecular weight excluding hydrogens is 275 g/mol. The zero-order chi connectivity index (χ0) is 13.9. The van der Waals surface area contributed by atoms with Gasteiger partial charge in [0, 0.05) is 16.3 Å². The van der Waals surface area contributed by atoms with Crippen LogP contribution in [0.4, 0.5) is 4.39 Å². The molecule has 0 saturated heterocycles. The van der Waals surface area contributed by atoms with Gasteiger partial charge < -0.3 is 0 Å². The minimum absolute atomic E-state index is 0.185. The van der Waals surface area contributed by atoms with Gasteiger partial charge in [-0.15, -0.1) is 5.10 Å². The summed E-state index contributed by atoms with van der Waals surface area (Å²) in [6.45, 7) is 0. The zero-order valence-electron chi connectivity index (χ0n) is 10.3. The van der Waals surface area contributed by atoms with E-state index in [9.17, 15) is 9.18 Å². The molecule has 0 aliphatic carbocycles. The van der Waals surface area contributed by atoms with Crippen LogP contribution >= 0.6 is 11.8 Å². The molecule has 5 heteroatoms. The van der Waals surface area contributed by atoms with E-state index in [1.165, 1.54) is 24.3 Å². The fourth-order valence-electron chi connectivity index (χ4n) is 1.81. The van der Waals surface area contributed by atoms with E-state index in [4.69, 9.17) is 0 Å². The molecule has 1 heterocycles. The van der Waals surface area contributed by atoms with Crippen molar-refractivity contribution in [1.82, 2.24) is 10.2 Å². The number of aromatic nitrogens is 2. The van der Waals surface area contributed by atoms with Gasteiger partial charge in [-0.05, 0) is 36.0 Å². The van der Waals surface area contributed by atoms with Crippen molar-refractivity contribution in [3.63, 3.8) is 0 Å². The third-order valence-electron chi connectivity index (χ3n) is 2.81. The largest absolute Gasteiger partial charge is 0.281 e.